The largest absolute Gasteiger partial charge is 0.466 e. The smallest absolute Gasteiger partial charge is 0.306 e. The molecule has 0 atom stereocenters. The molecule has 0 aliphatic carbocycles. The van der Waals surface area contributed by atoms with Crippen molar-refractivity contribution in [3.63, 3.8) is 0 Å². The molecule has 100 valence electrons. The molecule has 0 radical (unpaired) electrons. The second-order valence-electron chi connectivity index (χ2n) is 3.65. The lowest BCUT2D eigenvalue weighted by molar-refractivity contribution is -0.142. The van der Waals surface area contributed by atoms with E-state index in [2.05, 4.69) is 0 Å². The van der Waals surface area contributed by atoms with Crippen LogP contribution in [0, 0.1) is 0 Å². The van der Waals surface area contributed by atoms with Gasteiger partial charge >= 0.3 is 5.97 Å². The quantitative estimate of drug-likeness (QED) is 0.593. The fourth-order valence-corrected chi connectivity index (χ4v) is 2.73. The Kier molecular flexibility index (Phi) is 5.68. The summed E-state index contributed by atoms with van der Waals surface area (Å²) in [5.41, 5.74) is 0. The van der Waals surface area contributed by atoms with Gasteiger partial charge in [-0.2, -0.15) is 0 Å². The normalized spacial score (nSPS) is 11.2. The number of rotatable bonds is 6. The second-order valence-corrected chi connectivity index (χ2v) is 6.83. The summed E-state index contributed by atoms with van der Waals surface area (Å²) in [4.78, 5) is 12.3. The minimum Gasteiger partial charge on any atom is -0.466 e. The van der Waals surface area contributed by atoms with Crippen LogP contribution in [0.4, 0.5) is 0 Å². The molecule has 0 bridgehead atoms. The molecule has 0 aliphatic heterocycles. The van der Waals surface area contributed by atoms with Crippen molar-refractivity contribution in [1.29, 1.82) is 0 Å². The van der Waals surface area contributed by atoms with Gasteiger partial charge in [0, 0.05) is 16.9 Å². The minimum absolute atomic E-state index is 0.210. The van der Waals surface area contributed by atoms with E-state index in [1.54, 1.807) is 31.2 Å². The first-order chi connectivity index (χ1) is 8.43. The number of esters is 1. The standard InChI is InChI=1S/C12H16O4S2/c1-3-16-12(13)8-9-17-10-4-6-11(7-5-10)18(2,14)15/h4-7H,3,8-9H2,1-2H3. The fourth-order valence-electron chi connectivity index (χ4n) is 1.27. The molecule has 0 saturated carbocycles. The maximum Gasteiger partial charge on any atom is 0.306 e. The molecule has 0 N–H and O–H groups in total. The summed E-state index contributed by atoms with van der Waals surface area (Å²) in [6.07, 6.45) is 1.53. The van der Waals surface area contributed by atoms with Crippen molar-refractivity contribution in [2.75, 3.05) is 18.6 Å². The fraction of sp³-hybridized carbons (Fsp3) is 0.417. The van der Waals surface area contributed by atoms with Gasteiger partial charge in [-0.15, -0.1) is 11.8 Å². The lowest BCUT2D eigenvalue weighted by Gasteiger charge is -2.03. The average Bonchev–Trinajstić information content (AvgIpc) is 2.29. The Bertz CT molecular complexity index is 491. The maximum absolute atomic E-state index is 11.3. The zero-order chi connectivity index (χ0) is 13.6. The highest BCUT2D eigenvalue weighted by atomic mass is 32.2. The van der Waals surface area contributed by atoms with Crippen LogP contribution in [0.5, 0.6) is 0 Å². The third-order valence-electron chi connectivity index (χ3n) is 2.13. The molecule has 0 amide bonds. The van der Waals surface area contributed by atoms with Crippen LogP contribution in [-0.2, 0) is 19.4 Å². The topological polar surface area (TPSA) is 60.4 Å². The Balaban J connectivity index is 2.47. The van der Waals surface area contributed by atoms with Gasteiger partial charge in [0.15, 0.2) is 9.84 Å². The van der Waals surface area contributed by atoms with E-state index in [1.165, 1.54) is 18.0 Å². The molecule has 6 heteroatoms. The third kappa shape index (κ3) is 5.10. The molecular formula is C12H16O4S2. The number of hydrogen-bond donors (Lipinski definition) is 0. The van der Waals surface area contributed by atoms with E-state index in [0.717, 1.165) is 4.90 Å². The predicted molar refractivity (Wildman–Crippen MR) is 71.5 cm³/mol. The molecule has 0 saturated heterocycles. The number of ether oxygens (including phenoxy) is 1. The summed E-state index contributed by atoms with van der Waals surface area (Å²) in [6.45, 7) is 2.17. The molecule has 4 nitrogen and oxygen atoms in total. The van der Waals surface area contributed by atoms with E-state index in [4.69, 9.17) is 4.74 Å². The highest BCUT2D eigenvalue weighted by molar-refractivity contribution is 7.99. The van der Waals surface area contributed by atoms with Gasteiger partial charge in [0.25, 0.3) is 0 Å². The Morgan fingerprint density at radius 3 is 2.39 bits per heavy atom. The van der Waals surface area contributed by atoms with Gasteiger partial charge in [0.2, 0.25) is 0 Å². The van der Waals surface area contributed by atoms with Crippen molar-refractivity contribution >= 4 is 27.6 Å². The van der Waals surface area contributed by atoms with Gasteiger partial charge in [0.1, 0.15) is 0 Å². The van der Waals surface area contributed by atoms with Crippen molar-refractivity contribution < 1.29 is 17.9 Å². The van der Waals surface area contributed by atoms with E-state index in [-0.39, 0.29) is 5.97 Å². The van der Waals surface area contributed by atoms with Crippen LogP contribution in [0.3, 0.4) is 0 Å². The lowest BCUT2D eigenvalue weighted by Crippen LogP contribution is -2.04. The van der Waals surface area contributed by atoms with Gasteiger partial charge in [-0.25, -0.2) is 8.42 Å². The van der Waals surface area contributed by atoms with E-state index < -0.39 is 9.84 Å². The number of carbonyl (C=O) groups excluding carboxylic acids is 1. The monoisotopic (exact) mass is 288 g/mol. The van der Waals surface area contributed by atoms with E-state index >= 15 is 0 Å². The van der Waals surface area contributed by atoms with Crippen molar-refractivity contribution in [1.82, 2.24) is 0 Å². The van der Waals surface area contributed by atoms with Gasteiger partial charge in [-0.3, -0.25) is 4.79 Å². The zero-order valence-electron chi connectivity index (χ0n) is 10.4. The summed E-state index contributed by atoms with van der Waals surface area (Å²) in [5.74, 6) is 0.412. The number of hydrogen-bond acceptors (Lipinski definition) is 5. The van der Waals surface area contributed by atoms with Crippen molar-refractivity contribution in [2.24, 2.45) is 0 Å². The highest BCUT2D eigenvalue weighted by Crippen LogP contribution is 2.21. The number of benzene rings is 1. The second kappa shape index (κ2) is 6.80. The molecule has 1 aromatic carbocycles. The zero-order valence-corrected chi connectivity index (χ0v) is 12.0. The summed E-state index contributed by atoms with van der Waals surface area (Å²) >= 11 is 1.50. The molecule has 0 heterocycles. The lowest BCUT2D eigenvalue weighted by atomic mass is 10.4. The molecule has 0 fully saturated rings. The SMILES string of the molecule is CCOC(=O)CCSc1ccc(S(C)(=O)=O)cc1. The molecule has 18 heavy (non-hydrogen) atoms. The van der Waals surface area contributed by atoms with Crippen molar-refractivity contribution in [3.05, 3.63) is 24.3 Å². The van der Waals surface area contributed by atoms with Gasteiger partial charge < -0.3 is 4.74 Å². The molecule has 0 aliphatic rings. The Labute approximate surface area is 112 Å². The van der Waals surface area contributed by atoms with Crippen molar-refractivity contribution in [3.8, 4) is 0 Å². The van der Waals surface area contributed by atoms with Gasteiger partial charge in [-0.1, -0.05) is 0 Å². The van der Waals surface area contributed by atoms with Crippen LogP contribution in [-0.4, -0.2) is 33.0 Å². The first kappa shape index (κ1) is 15.0. The summed E-state index contributed by atoms with van der Waals surface area (Å²) < 4.78 is 27.3. The number of thioether (sulfide) groups is 1. The third-order valence-corrected chi connectivity index (χ3v) is 4.27. The molecule has 0 spiro atoms. The van der Waals surface area contributed by atoms with Crippen LogP contribution >= 0.6 is 11.8 Å². The molecular weight excluding hydrogens is 272 g/mol. The summed E-state index contributed by atoms with van der Waals surface area (Å²) in [5, 5.41) is 0. The highest BCUT2D eigenvalue weighted by Gasteiger charge is 2.07. The Morgan fingerprint density at radius 1 is 1.28 bits per heavy atom. The number of sulfone groups is 1. The molecule has 0 unspecified atom stereocenters. The van der Waals surface area contributed by atoms with Crippen LogP contribution in [0.1, 0.15) is 13.3 Å². The molecule has 1 aromatic rings. The maximum atomic E-state index is 11.3. The summed E-state index contributed by atoms with van der Waals surface area (Å²) in [7, 11) is -3.14. The Morgan fingerprint density at radius 2 is 1.89 bits per heavy atom. The predicted octanol–water partition coefficient (Wildman–Crippen LogP) is 2.14. The van der Waals surface area contributed by atoms with E-state index in [0.29, 0.717) is 23.7 Å². The minimum atomic E-state index is -3.14. The van der Waals surface area contributed by atoms with Crippen LogP contribution in [0.25, 0.3) is 0 Å². The first-order valence-electron chi connectivity index (χ1n) is 5.52. The van der Waals surface area contributed by atoms with Crippen LogP contribution in [0.2, 0.25) is 0 Å². The van der Waals surface area contributed by atoms with Gasteiger partial charge in [-0.05, 0) is 31.2 Å². The van der Waals surface area contributed by atoms with Gasteiger partial charge in [0.05, 0.1) is 17.9 Å². The Hall–Kier alpha value is -1.01. The number of carbonyl (C=O) groups is 1. The molecule has 1 rings (SSSR count). The van der Waals surface area contributed by atoms with Crippen LogP contribution < -0.4 is 0 Å². The van der Waals surface area contributed by atoms with E-state index in [1.807, 2.05) is 0 Å². The molecule has 0 aromatic heterocycles. The summed E-state index contributed by atoms with van der Waals surface area (Å²) in [6, 6.07) is 6.63. The van der Waals surface area contributed by atoms with E-state index in [9.17, 15) is 13.2 Å². The van der Waals surface area contributed by atoms with Crippen molar-refractivity contribution in [2.45, 2.75) is 23.1 Å². The van der Waals surface area contributed by atoms with Crippen LogP contribution in [0.15, 0.2) is 34.1 Å². The first-order valence-corrected chi connectivity index (χ1v) is 8.39. The average molecular weight is 288 g/mol.